The third-order valence-electron chi connectivity index (χ3n) is 1.06. The zero-order valence-electron chi connectivity index (χ0n) is 7.32. The maximum absolute atomic E-state index is 10.1. The molecule has 0 bridgehead atoms. The Morgan fingerprint density at radius 3 is 2.17 bits per heavy atom. The van der Waals surface area contributed by atoms with Gasteiger partial charge in [0.15, 0.2) is 6.29 Å². The number of carbonyl (C=O) groups is 1. The first-order valence-corrected chi connectivity index (χ1v) is 8.58. The number of para-hydroxylation sites is 1. The molecule has 0 saturated heterocycles. The summed E-state index contributed by atoms with van der Waals surface area (Å²) in [5.41, 5.74) is 4.89. The van der Waals surface area contributed by atoms with Crippen LogP contribution in [0, 0.1) is 0 Å². The van der Waals surface area contributed by atoms with Crippen LogP contribution in [0.25, 0.3) is 0 Å². The number of benzene rings is 1. The van der Waals surface area contributed by atoms with E-state index in [9.17, 15) is 4.79 Å². The van der Waals surface area contributed by atoms with E-state index in [0.717, 1.165) is 0 Å². The first-order valence-electron chi connectivity index (χ1n) is 3.73. The Bertz CT molecular complexity index is 236. The van der Waals surface area contributed by atoms with Crippen LogP contribution < -0.4 is 0 Å². The number of phenols is 1. The summed E-state index contributed by atoms with van der Waals surface area (Å²) in [4.78, 5) is 10.1. The molecule has 1 radical (unpaired) electrons. The third kappa shape index (κ3) is 4.26. The molecule has 1 aromatic carbocycles. The van der Waals surface area contributed by atoms with Crippen molar-refractivity contribution >= 4 is 23.7 Å². The normalized spacial score (nSPS) is 7.83. The number of aromatic hydroxyl groups is 1. The van der Waals surface area contributed by atoms with Gasteiger partial charge in [-0.3, -0.25) is 4.79 Å². The molecule has 2 nitrogen and oxygen atoms in total. The van der Waals surface area contributed by atoms with Crippen molar-refractivity contribution < 1.29 is 9.90 Å². The van der Waals surface area contributed by atoms with E-state index in [1.54, 1.807) is 18.2 Å². The van der Waals surface area contributed by atoms with Crippen LogP contribution in [0.5, 0.6) is 5.75 Å². The van der Waals surface area contributed by atoms with Crippen molar-refractivity contribution in [3.8, 4) is 5.75 Å². The average Bonchev–Trinajstić information content (AvgIpc) is 2.07. The predicted octanol–water partition coefficient (Wildman–Crippen LogP) is 1.99. The summed E-state index contributed by atoms with van der Waals surface area (Å²) in [6, 6.07) is 6.40. The Labute approximate surface area is 80.4 Å². The SMILES string of the molecule is O=Cc1ccccc1O.[CH3][Ga][CH3]. The molecule has 12 heavy (non-hydrogen) atoms. The van der Waals surface area contributed by atoms with E-state index in [0.29, 0.717) is 29.3 Å². The molecule has 0 aliphatic rings. The van der Waals surface area contributed by atoms with Gasteiger partial charge in [-0.25, -0.2) is 0 Å². The molecule has 0 aliphatic carbocycles. The maximum atomic E-state index is 10.1. The van der Waals surface area contributed by atoms with Gasteiger partial charge in [-0.2, -0.15) is 0 Å². The monoisotopic (exact) mass is 221 g/mol. The first-order chi connectivity index (χ1) is 5.76. The van der Waals surface area contributed by atoms with Gasteiger partial charge in [-0.1, -0.05) is 12.1 Å². The van der Waals surface area contributed by atoms with Crippen LogP contribution in [0.4, 0.5) is 0 Å². The van der Waals surface area contributed by atoms with Crippen LogP contribution in [0.1, 0.15) is 10.4 Å². The van der Waals surface area contributed by atoms with Crippen LogP contribution >= 0.6 is 0 Å². The van der Waals surface area contributed by atoms with E-state index in [1.165, 1.54) is 6.07 Å². The molecular formula is C9H12GaO2. The van der Waals surface area contributed by atoms with Gasteiger partial charge in [-0.15, -0.1) is 0 Å². The fourth-order valence-electron chi connectivity index (χ4n) is 0.587. The van der Waals surface area contributed by atoms with E-state index in [4.69, 9.17) is 5.11 Å². The van der Waals surface area contributed by atoms with Crippen molar-refractivity contribution in [3.05, 3.63) is 29.8 Å². The molecule has 0 aliphatic heterocycles. The van der Waals surface area contributed by atoms with Crippen LogP contribution in [0.15, 0.2) is 24.3 Å². The molecule has 0 aromatic heterocycles. The van der Waals surface area contributed by atoms with Gasteiger partial charge in [0.25, 0.3) is 0 Å². The van der Waals surface area contributed by atoms with Gasteiger partial charge < -0.3 is 5.11 Å². The number of aldehydes is 1. The van der Waals surface area contributed by atoms with Crippen molar-refractivity contribution in [2.75, 3.05) is 0 Å². The van der Waals surface area contributed by atoms with E-state index >= 15 is 0 Å². The Hall–Kier alpha value is -0.674. The van der Waals surface area contributed by atoms with Crippen LogP contribution in [0.3, 0.4) is 0 Å². The molecule has 0 heterocycles. The van der Waals surface area contributed by atoms with E-state index in [-0.39, 0.29) is 5.75 Å². The van der Waals surface area contributed by atoms with Crippen LogP contribution in [0.2, 0.25) is 11.0 Å². The zero-order chi connectivity index (χ0) is 9.40. The minimum atomic E-state index is 0.0347. The molecule has 3 heteroatoms. The Balaban J connectivity index is 0.000000354. The van der Waals surface area contributed by atoms with Gasteiger partial charge >= 0.3 is 28.4 Å². The van der Waals surface area contributed by atoms with E-state index < -0.39 is 0 Å². The molecular weight excluding hydrogens is 210 g/mol. The summed E-state index contributed by atoms with van der Waals surface area (Å²) in [6.07, 6.45) is 0.620. The Kier molecular flexibility index (Phi) is 6.61. The quantitative estimate of drug-likeness (QED) is 0.582. The first kappa shape index (κ1) is 11.3. The predicted molar refractivity (Wildman–Crippen MR) is 51.0 cm³/mol. The van der Waals surface area contributed by atoms with Crippen molar-refractivity contribution in [1.82, 2.24) is 0 Å². The molecule has 1 N–H and O–H groups in total. The van der Waals surface area contributed by atoms with E-state index in [1.807, 2.05) is 0 Å². The van der Waals surface area contributed by atoms with Gasteiger partial charge in [0.2, 0.25) is 0 Å². The fraction of sp³-hybridized carbons (Fsp3) is 0.222. The summed E-state index contributed by atoms with van der Waals surface area (Å²) in [5.74, 6) is 0.0347. The van der Waals surface area contributed by atoms with Crippen molar-refractivity contribution in [2.45, 2.75) is 11.0 Å². The molecule has 1 aromatic rings. The molecule has 0 spiro atoms. The standard InChI is InChI=1S/C7H6O2.2CH3.Ga/c8-5-6-3-1-2-4-7(6)9;;;/h1-5,9H;2*1H3;. The molecule has 0 amide bonds. The molecule has 0 atom stereocenters. The Morgan fingerprint density at radius 1 is 1.33 bits per heavy atom. The fourth-order valence-corrected chi connectivity index (χ4v) is 0.587. The van der Waals surface area contributed by atoms with Gasteiger partial charge in [0, 0.05) is 0 Å². The topological polar surface area (TPSA) is 37.3 Å². The van der Waals surface area contributed by atoms with Gasteiger partial charge in [0.1, 0.15) is 5.75 Å². The summed E-state index contributed by atoms with van der Waals surface area (Å²) in [7, 11) is 0. The number of hydrogen-bond acceptors (Lipinski definition) is 2. The zero-order valence-corrected chi connectivity index (χ0v) is 9.74. The average molecular weight is 222 g/mol. The molecule has 63 valence electrons. The van der Waals surface area contributed by atoms with Crippen molar-refractivity contribution in [2.24, 2.45) is 0 Å². The van der Waals surface area contributed by atoms with Crippen LogP contribution in [-0.2, 0) is 0 Å². The van der Waals surface area contributed by atoms with Gasteiger partial charge in [0.05, 0.1) is 5.56 Å². The number of hydrogen-bond donors (Lipinski definition) is 1. The second-order valence-corrected chi connectivity index (χ2v) is 4.68. The summed E-state index contributed by atoms with van der Waals surface area (Å²) < 4.78 is 0. The minimum absolute atomic E-state index is 0.0347. The second-order valence-electron chi connectivity index (χ2n) is 2.25. The second kappa shape index (κ2) is 7.00. The molecule has 1 rings (SSSR count). The molecule has 0 fully saturated rings. The Morgan fingerprint density at radius 2 is 1.83 bits per heavy atom. The number of carbonyl (C=O) groups excluding carboxylic acids is 1. The summed E-state index contributed by atoms with van der Waals surface area (Å²) in [5, 5.41) is 8.88. The van der Waals surface area contributed by atoms with E-state index in [2.05, 4.69) is 11.0 Å². The summed E-state index contributed by atoms with van der Waals surface area (Å²) >= 11 is 0.312. The molecule has 0 unspecified atom stereocenters. The van der Waals surface area contributed by atoms with Crippen molar-refractivity contribution in [1.29, 1.82) is 0 Å². The third-order valence-corrected chi connectivity index (χ3v) is 1.06. The van der Waals surface area contributed by atoms with Gasteiger partial charge in [-0.05, 0) is 12.1 Å². The number of phenolic OH excluding ortho intramolecular Hbond substituents is 1. The molecule has 0 saturated carbocycles. The number of rotatable bonds is 1. The van der Waals surface area contributed by atoms with Crippen molar-refractivity contribution in [3.63, 3.8) is 0 Å². The summed E-state index contributed by atoms with van der Waals surface area (Å²) in [6.45, 7) is 0. The van der Waals surface area contributed by atoms with Crippen LogP contribution in [-0.4, -0.2) is 28.8 Å².